The van der Waals surface area contributed by atoms with E-state index >= 15 is 0 Å². The number of thiophene rings is 1. The van der Waals surface area contributed by atoms with Gasteiger partial charge in [-0.15, -0.1) is 22.7 Å². The molecule has 1 amide bonds. The van der Waals surface area contributed by atoms with Crippen molar-refractivity contribution in [2.75, 3.05) is 0 Å². The number of carbonyl (C=O) groups is 2. The van der Waals surface area contributed by atoms with Crippen LogP contribution in [0.3, 0.4) is 0 Å². The molecule has 2 aromatic heterocycles. The maximum Gasteiger partial charge on any atom is 0.220 e. The molecule has 4 nitrogen and oxygen atoms in total. The zero-order chi connectivity index (χ0) is 17.5. The molecule has 0 saturated carbocycles. The van der Waals surface area contributed by atoms with Crippen molar-refractivity contribution >= 4 is 34.4 Å². The second-order valence-electron chi connectivity index (χ2n) is 6.33. The number of ketones is 1. The fourth-order valence-electron chi connectivity index (χ4n) is 2.46. The summed E-state index contributed by atoms with van der Waals surface area (Å²) in [4.78, 5) is 29.5. The summed E-state index contributed by atoms with van der Waals surface area (Å²) >= 11 is 3.04. The highest BCUT2D eigenvalue weighted by molar-refractivity contribution is 7.12. The topological polar surface area (TPSA) is 59.1 Å². The molecule has 2 rings (SSSR count). The number of hydrogen-bond acceptors (Lipinski definition) is 5. The molecule has 0 spiro atoms. The van der Waals surface area contributed by atoms with Crippen LogP contribution in [0.5, 0.6) is 0 Å². The van der Waals surface area contributed by atoms with Gasteiger partial charge in [-0.05, 0) is 37.1 Å². The van der Waals surface area contributed by atoms with Crippen LogP contribution in [0.1, 0.15) is 65.9 Å². The fourth-order valence-corrected chi connectivity index (χ4v) is 4.02. The highest BCUT2D eigenvalue weighted by Crippen LogP contribution is 2.24. The molecule has 0 fully saturated rings. The summed E-state index contributed by atoms with van der Waals surface area (Å²) in [5.41, 5.74) is 0.986. The van der Waals surface area contributed by atoms with Gasteiger partial charge in [0.25, 0.3) is 0 Å². The number of amides is 1. The van der Waals surface area contributed by atoms with E-state index in [2.05, 4.69) is 24.1 Å². The van der Waals surface area contributed by atoms with E-state index in [0.717, 1.165) is 22.0 Å². The van der Waals surface area contributed by atoms with Gasteiger partial charge in [-0.25, -0.2) is 4.98 Å². The van der Waals surface area contributed by atoms with Crippen molar-refractivity contribution < 1.29 is 9.59 Å². The van der Waals surface area contributed by atoms with E-state index in [1.54, 1.807) is 11.3 Å². The number of aryl methyl sites for hydroxylation is 1. The highest BCUT2D eigenvalue weighted by Gasteiger charge is 2.19. The van der Waals surface area contributed by atoms with E-state index in [0.29, 0.717) is 25.2 Å². The maximum absolute atomic E-state index is 12.2. The van der Waals surface area contributed by atoms with Crippen LogP contribution in [0.2, 0.25) is 0 Å². The molecule has 6 heteroatoms. The second kappa shape index (κ2) is 9.08. The summed E-state index contributed by atoms with van der Waals surface area (Å²) in [6, 6.07) is 3.66. The quantitative estimate of drug-likeness (QED) is 0.652. The molecule has 0 aliphatic heterocycles. The molecule has 0 bridgehead atoms. The lowest BCUT2D eigenvalue weighted by atomic mass is 10.0. The zero-order valence-corrected chi connectivity index (χ0v) is 16.0. The Morgan fingerprint density at radius 2 is 2.04 bits per heavy atom. The molecule has 1 unspecified atom stereocenters. The fraction of sp³-hybridized carbons (Fsp3) is 0.500. The van der Waals surface area contributed by atoms with Crippen LogP contribution in [0.15, 0.2) is 22.9 Å². The number of aromatic nitrogens is 1. The number of nitrogens with zero attached hydrogens (tertiary/aromatic N) is 1. The van der Waals surface area contributed by atoms with Crippen LogP contribution >= 0.6 is 22.7 Å². The molecule has 2 aromatic rings. The van der Waals surface area contributed by atoms with Gasteiger partial charge in [-0.2, -0.15) is 0 Å². The summed E-state index contributed by atoms with van der Waals surface area (Å²) in [5.74, 6) is 0.583. The Bertz CT molecular complexity index is 662. The minimum atomic E-state index is -0.0378. The van der Waals surface area contributed by atoms with E-state index in [-0.39, 0.29) is 17.7 Å². The summed E-state index contributed by atoms with van der Waals surface area (Å²) in [6.45, 7) is 6.24. The van der Waals surface area contributed by atoms with Gasteiger partial charge in [0.2, 0.25) is 5.91 Å². The average Bonchev–Trinajstić information content (AvgIpc) is 3.17. The number of nitrogens with one attached hydrogen (secondary N) is 1. The molecule has 0 aliphatic carbocycles. The predicted octanol–water partition coefficient (Wildman–Crippen LogP) is 4.77. The second-order valence-corrected chi connectivity index (χ2v) is 8.17. The number of rotatable bonds is 9. The van der Waals surface area contributed by atoms with E-state index in [1.165, 1.54) is 11.3 Å². The normalized spacial score (nSPS) is 12.3. The minimum absolute atomic E-state index is 0.00696. The van der Waals surface area contributed by atoms with Crippen molar-refractivity contribution in [1.29, 1.82) is 0 Å². The number of carbonyl (C=O) groups excluding carboxylic acids is 2. The van der Waals surface area contributed by atoms with Crippen molar-refractivity contribution in [3.8, 4) is 0 Å². The first-order valence-corrected chi connectivity index (χ1v) is 9.99. The lowest BCUT2D eigenvalue weighted by Crippen LogP contribution is -2.29. The molecule has 0 aliphatic rings. The summed E-state index contributed by atoms with van der Waals surface area (Å²) in [7, 11) is 0. The minimum Gasteiger partial charge on any atom is -0.347 e. The molecule has 1 atom stereocenters. The van der Waals surface area contributed by atoms with Crippen molar-refractivity contribution in [3.63, 3.8) is 0 Å². The monoisotopic (exact) mass is 364 g/mol. The number of thiazole rings is 1. The van der Waals surface area contributed by atoms with Gasteiger partial charge in [0.15, 0.2) is 5.78 Å². The SMILES string of the molecule is Cc1csc(C(CC(C)C)NC(=O)CCCC(=O)c2cccs2)n1. The molecule has 0 radical (unpaired) electrons. The van der Waals surface area contributed by atoms with E-state index in [9.17, 15) is 9.59 Å². The van der Waals surface area contributed by atoms with Gasteiger partial charge in [0.1, 0.15) is 5.01 Å². The smallest absolute Gasteiger partial charge is 0.220 e. The first-order valence-electron chi connectivity index (χ1n) is 8.23. The van der Waals surface area contributed by atoms with Crippen LogP contribution in [0, 0.1) is 12.8 Å². The zero-order valence-electron chi connectivity index (χ0n) is 14.4. The highest BCUT2D eigenvalue weighted by atomic mass is 32.1. The molecule has 1 N–H and O–H groups in total. The van der Waals surface area contributed by atoms with Crippen molar-refractivity contribution in [1.82, 2.24) is 10.3 Å². The van der Waals surface area contributed by atoms with Gasteiger partial charge in [0.05, 0.1) is 10.9 Å². The van der Waals surface area contributed by atoms with Gasteiger partial charge in [-0.1, -0.05) is 19.9 Å². The van der Waals surface area contributed by atoms with Crippen LogP contribution in [0.25, 0.3) is 0 Å². The Morgan fingerprint density at radius 1 is 1.25 bits per heavy atom. The van der Waals surface area contributed by atoms with Gasteiger partial charge >= 0.3 is 0 Å². The number of hydrogen-bond donors (Lipinski definition) is 1. The van der Waals surface area contributed by atoms with E-state index in [1.807, 2.05) is 29.8 Å². The molecule has 0 aromatic carbocycles. The summed E-state index contributed by atoms with van der Waals surface area (Å²) in [5, 5.41) is 7.95. The van der Waals surface area contributed by atoms with Crippen LogP contribution in [0.4, 0.5) is 0 Å². The van der Waals surface area contributed by atoms with Crippen molar-refractivity contribution in [2.24, 2.45) is 5.92 Å². The lowest BCUT2D eigenvalue weighted by Gasteiger charge is -2.18. The van der Waals surface area contributed by atoms with E-state index < -0.39 is 0 Å². The molecular weight excluding hydrogens is 340 g/mol. The van der Waals surface area contributed by atoms with Crippen molar-refractivity contribution in [2.45, 2.75) is 52.5 Å². The van der Waals surface area contributed by atoms with E-state index in [4.69, 9.17) is 0 Å². The largest absolute Gasteiger partial charge is 0.347 e. The Hall–Kier alpha value is -1.53. The molecule has 0 saturated heterocycles. The predicted molar refractivity (Wildman–Crippen MR) is 99.7 cm³/mol. The Balaban J connectivity index is 1.83. The third-order valence-corrected chi connectivity index (χ3v) is 5.57. The lowest BCUT2D eigenvalue weighted by molar-refractivity contribution is -0.122. The maximum atomic E-state index is 12.2. The molecule has 24 heavy (non-hydrogen) atoms. The first-order chi connectivity index (χ1) is 11.5. The van der Waals surface area contributed by atoms with Crippen LogP contribution < -0.4 is 5.32 Å². The van der Waals surface area contributed by atoms with Crippen LogP contribution in [-0.4, -0.2) is 16.7 Å². The molecular formula is C18H24N2O2S2. The number of Topliss-reactive ketones (excluding diaryl/α,β-unsaturated/α-hetero) is 1. The third kappa shape index (κ3) is 5.83. The summed E-state index contributed by atoms with van der Waals surface area (Å²) < 4.78 is 0. The van der Waals surface area contributed by atoms with Gasteiger partial charge < -0.3 is 5.32 Å². The van der Waals surface area contributed by atoms with Gasteiger partial charge in [-0.3, -0.25) is 9.59 Å². The standard InChI is InChI=1S/C18H24N2O2S2/c1-12(2)10-14(18-19-13(3)11-24-18)20-17(22)8-4-6-15(21)16-7-5-9-23-16/h5,7,9,11-12,14H,4,6,8,10H2,1-3H3,(H,20,22). The van der Waals surface area contributed by atoms with Gasteiger partial charge in [0, 0.05) is 23.9 Å². The Kier molecular flexibility index (Phi) is 7.12. The third-order valence-electron chi connectivity index (χ3n) is 3.58. The average molecular weight is 365 g/mol. The van der Waals surface area contributed by atoms with Crippen LogP contribution in [-0.2, 0) is 4.79 Å². The first kappa shape index (κ1) is 18.8. The Labute approximate surface area is 151 Å². The molecule has 2 heterocycles. The van der Waals surface area contributed by atoms with Crippen molar-refractivity contribution in [3.05, 3.63) is 38.5 Å². The Morgan fingerprint density at radius 3 is 2.62 bits per heavy atom. The summed E-state index contributed by atoms with van der Waals surface area (Å²) in [6.07, 6.45) is 2.23. The molecule has 130 valence electrons.